The zero-order chi connectivity index (χ0) is 22.2. The van der Waals surface area contributed by atoms with Gasteiger partial charge in [0.1, 0.15) is 17.3 Å². The summed E-state index contributed by atoms with van der Waals surface area (Å²) in [5.74, 6) is 0.863. The second-order valence-corrected chi connectivity index (χ2v) is 8.31. The minimum Gasteiger partial charge on any atom is -0.373 e. The molecule has 0 unspecified atom stereocenters. The highest BCUT2D eigenvalue weighted by atomic mass is 19.1. The minimum absolute atomic E-state index is 0.0849. The standard InChI is InChI=1S/C23H25FN6O2/c1-25-21-15-9-11-29(2)13-18(15)26-22(27-21)19-8-5-10-30(19)23(31)20-12-17(28-32-20)14-6-3-4-7-16(14)24/h3-4,6-7,12,19H,5,8-11,13H2,1-2H3,(H,25,26,27)/t19-/m0/s1. The number of hydrogen-bond acceptors (Lipinski definition) is 7. The summed E-state index contributed by atoms with van der Waals surface area (Å²) in [6.07, 6.45) is 2.52. The van der Waals surface area contributed by atoms with Crippen LogP contribution in [0.3, 0.4) is 0 Å². The first-order valence-electron chi connectivity index (χ1n) is 10.8. The van der Waals surface area contributed by atoms with Crippen LogP contribution in [0.5, 0.6) is 0 Å². The van der Waals surface area contributed by atoms with Crippen LogP contribution in [0.2, 0.25) is 0 Å². The van der Waals surface area contributed by atoms with Crippen LogP contribution in [0.1, 0.15) is 46.5 Å². The van der Waals surface area contributed by atoms with Gasteiger partial charge in [-0.3, -0.25) is 4.79 Å². The second-order valence-electron chi connectivity index (χ2n) is 8.31. The van der Waals surface area contributed by atoms with Crippen LogP contribution in [0, 0.1) is 5.82 Å². The van der Waals surface area contributed by atoms with Crippen molar-refractivity contribution >= 4 is 11.7 Å². The predicted octanol–water partition coefficient (Wildman–Crippen LogP) is 3.28. The molecule has 32 heavy (non-hydrogen) atoms. The van der Waals surface area contributed by atoms with Crippen LogP contribution >= 0.6 is 0 Å². The summed E-state index contributed by atoms with van der Waals surface area (Å²) in [7, 11) is 3.94. The lowest BCUT2D eigenvalue weighted by molar-refractivity contribution is 0.0687. The number of aromatic nitrogens is 3. The highest BCUT2D eigenvalue weighted by Gasteiger charge is 2.35. The van der Waals surface area contributed by atoms with E-state index in [0.717, 1.165) is 49.4 Å². The molecule has 8 nitrogen and oxygen atoms in total. The average Bonchev–Trinajstić information content (AvgIpc) is 3.48. The molecule has 0 aliphatic carbocycles. The first-order valence-corrected chi connectivity index (χ1v) is 10.8. The lowest BCUT2D eigenvalue weighted by atomic mass is 10.0. The quantitative estimate of drug-likeness (QED) is 0.672. The Balaban J connectivity index is 1.44. The molecule has 0 bridgehead atoms. The van der Waals surface area contributed by atoms with Crippen molar-refractivity contribution in [3.8, 4) is 11.3 Å². The number of nitrogens with one attached hydrogen (secondary N) is 1. The lowest BCUT2D eigenvalue weighted by Crippen LogP contribution is -2.33. The summed E-state index contributed by atoms with van der Waals surface area (Å²) in [6, 6.07) is 7.54. The van der Waals surface area contributed by atoms with Crippen molar-refractivity contribution in [2.75, 3.05) is 32.5 Å². The monoisotopic (exact) mass is 436 g/mol. The number of amides is 1. The van der Waals surface area contributed by atoms with Gasteiger partial charge in [-0.05, 0) is 38.4 Å². The van der Waals surface area contributed by atoms with E-state index in [0.29, 0.717) is 23.6 Å². The average molecular weight is 436 g/mol. The third-order valence-corrected chi connectivity index (χ3v) is 6.19. The van der Waals surface area contributed by atoms with E-state index in [4.69, 9.17) is 14.5 Å². The van der Waals surface area contributed by atoms with Crippen molar-refractivity contribution in [2.24, 2.45) is 0 Å². The Morgan fingerprint density at radius 2 is 2.09 bits per heavy atom. The lowest BCUT2D eigenvalue weighted by Gasteiger charge is -2.28. The first-order chi connectivity index (χ1) is 15.5. The van der Waals surface area contributed by atoms with E-state index < -0.39 is 5.82 Å². The van der Waals surface area contributed by atoms with Crippen molar-refractivity contribution in [3.63, 3.8) is 0 Å². The molecule has 1 fully saturated rings. The van der Waals surface area contributed by atoms with Crippen molar-refractivity contribution in [1.29, 1.82) is 0 Å². The van der Waals surface area contributed by atoms with Gasteiger partial charge >= 0.3 is 0 Å². The van der Waals surface area contributed by atoms with Gasteiger partial charge < -0.3 is 19.6 Å². The molecule has 5 rings (SSSR count). The van der Waals surface area contributed by atoms with Gasteiger partial charge in [-0.15, -0.1) is 0 Å². The maximum atomic E-state index is 14.1. The zero-order valence-electron chi connectivity index (χ0n) is 18.1. The van der Waals surface area contributed by atoms with E-state index in [1.165, 1.54) is 12.1 Å². The molecule has 0 saturated carbocycles. The number of nitrogens with zero attached hydrogens (tertiary/aromatic N) is 5. The number of rotatable bonds is 4. The van der Waals surface area contributed by atoms with Gasteiger partial charge in [-0.25, -0.2) is 14.4 Å². The predicted molar refractivity (Wildman–Crippen MR) is 117 cm³/mol. The van der Waals surface area contributed by atoms with Crippen LogP contribution < -0.4 is 5.32 Å². The Labute approximate surface area is 185 Å². The van der Waals surface area contributed by atoms with Gasteiger partial charge in [0.15, 0.2) is 5.82 Å². The van der Waals surface area contributed by atoms with Crippen LogP contribution in [0.4, 0.5) is 10.2 Å². The molecule has 2 aliphatic rings. The molecular formula is C23H25FN6O2. The Morgan fingerprint density at radius 3 is 2.91 bits per heavy atom. The number of fused-ring (bicyclic) bond motifs is 1. The first kappa shape index (κ1) is 20.6. The number of carbonyl (C=O) groups is 1. The third-order valence-electron chi connectivity index (χ3n) is 6.19. The highest BCUT2D eigenvalue weighted by Crippen LogP contribution is 2.34. The summed E-state index contributed by atoms with van der Waals surface area (Å²) in [6.45, 7) is 2.30. The topological polar surface area (TPSA) is 87.4 Å². The minimum atomic E-state index is -0.411. The molecule has 166 valence electrons. The molecule has 4 heterocycles. The Kier molecular flexibility index (Phi) is 5.34. The molecule has 0 radical (unpaired) electrons. The number of anilines is 1. The molecule has 1 aromatic carbocycles. The van der Waals surface area contributed by atoms with Gasteiger partial charge in [-0.1, -0.05) is 17.3 Å². The molecule has 2 aromatic heterocycles. The van der Waals surface area contributed by atoms with E-state index >= 15 is 0 Å². The fourth-order valence-corrected chi connectivity index (χ4v) is 4.53. The van der Waals surface area contributed by atoms with Crippen molar-refractivity contribution in [1.82, 2.24) is 24.9 Å². The summed E-state index contributed by atoms with van der Waals surface area (Å²) in [5, 5.41) is 7.12. The van der Waals surface area contributed by atoms with Crippen LogP contribution in [0.15, 0.2) is 34.9 Å². The van der Waals surface area contributed by atoms with E-state index in [-0.39, 0.29) is 17.7 Å². The van der Waals surface area contributed by atoms with Gasteiger partial charge in [0, 0.05) is 43.9 Å². The van der Waals surface area contributed by atoms with Crippen molar-refractivity contribution in [3.05, 3.63) is 59.0 Å². The van der Waals surface area contributed by atoms with Gasteiger partial charge in [0.2, 0.25) is 5.76 Å². The van der Waals surface area contributed by atoms with Gasteiger partial charge in [-0.2, -0.15) is 0 Å². The zero-order valence-corrected chi connectivity index (χ0v) is 18.1. The Hall–Kier alpha value is -3.33. The molecule has 1 atom stereocenters. The summed E-state index contributed by atoms with van der Waals surface area (Å²) < 4.78 is 19.4. The number of hydrogen-bond donors (Lipinski definition) is 1. The molecule has 1 amide bonds. The Bertz CT molecular complexity index is 1160. The number of benzene rings is 1. The van der Waals surface area contributed by atoms with Gasteiger partial charge in [0.05, 0.1) is 11.7 Å². The molecular weight excluding hydrogens is 411 g/mol. The van der Waals surface area contributed by atoms with Gasteiger partial charge in [0.25, 0.3) is 5.91 Å². The van der Waals surface area contributed by atoms with Crippen LogP contribution in [-0.2, 0) is 13.0 Å². The van der Waals surface area contributed by atoms with Crippen molar-refractivity contribution in [2.45, 2.75) is 31.8 Å². The van der Waals surface area contributed by atoms with E-state index in [1.807, 2.05) is 7.05 Å². The highest BCUT2D eigenvalue weighted by molar-refractivity contribution is 5.93. The Morgan fingerprint density at radius 1 is 1.25 bits per heavy atom. The van der Waals surface area contributed by atoms with Crippen LogP contribution in [0.25, 0.3) is 11.3 Å². The van der Waals surface area contributed by atoms with E-state index in [2.05, 4.69) is 22.4 Å². The fraction of sp³-hybridized carbons (Fsp3) is 0.391. The summed E-state index contributed by atoms with van der Waals surface area (Å²) in [4.78, 5) is 26.9. The smallest absolute Gasteiger partial charge is 0.293 e. The van der Waals surface area contributed by atoms with Crippen molar-refractivity contribution < 1.29 is 13.7 Å². The molecule has 3 aromatic rings. The number of halogens is 1. The number of carbonyl (C=O) groups excluding carboxylic acids is 1. The summed E-state index contributed by atoms with van der Waals surface area (Å²) in [5.41, 5.74) is 2.76. The fourth-order valence-electron chi connectivity index (χ4n) is 4.53. The maximum Gasteiger partial charge on any atom is 0.293 e. The largest absolute Gasteiger partial charge is 0.373 e. The molecule has 9 heteroatoms. The van der Waals surface area contributed by atoms with E-state index in [9.17, 15) is 9.18 Å². The third kappa shape index (κ3) is 3.62. The SMILES string of the molecule is CNc1nc([C@@H]2CCCN2C(=O)c2cc(-c3ccccc3F)no2)nc2c1CCN(C)C2. The molecule has 2 aliphatic heterocycles. The number of likely N-dealkylation sites (tertiary alicyclic amines) is 1. The van der Waals surface area contributed by atoms with Crippen LogP contribution in [-0.4, -0.2) is 58.0 Å². The molecule has 1 saturated heterocycles. The van der Waals surface area contributed by atoms with E-state index in [1.54, 1.807) is 23.1 Å². The maximum absolute atomic E-state index is 14.1. The number of likely N-dealkylation sites (N-methyl/N-ethyl adjacent to an activating group) is 1. The molecule has 1 N–H and O–H groups in total. The summed E-state index contributed by atoms with van der Waals surface area (Å²) >= 11 is 0. The molecule has 0 spiro atoms. The normalized spacial score (nSPS) is 18.6. The second kappa shape index (κ2) is 8.31.